The van der Waals surface area contributed by atoms with Crippen molar-refractivity contribution in [3.05, 3.63) is 35.9 Å². The summed E-state index contributed by atoms with van der Waals surface area (Å²) in [5, 5.41) is 17.3. The highest BCUT2D eigenvalue weighted by molar-refractivity contribution is 7.89. The summed E-state index contributed by atoms with van der Waals surface area (Å²) in [6.07, 6.45) is 2.35. The van der Waals surface area contributed by atoms with Crippen molar-refractivity contribution in [2.75, 3.05) is 13.6 Å². The van der Waals surface area contributed by atoms with Crippen molar-refractivity contribution < 1.29 is 18.3 Å². The largest absolute Gasteiger partial charge is 0.478 e. The van der Waals surface area contributed by atoms with Gasteiger partial charge in [-0.05, 0) is 30.7 Å². The fourth-order valence-electron chi connectivity index (χ4n) is 1.62. The summed E-state index contributed by atoms with van der Waals surface area (Å²) in [5.41, 5.74) is 0.587. The van der Waals surface area contributed by atoms with Crippen LogP contribution in [0.25, 0.3) is 6.08 Å². The van der Waals surface area contributed by atoms with Crippen LogP contribution in [0.4, 0.5) is 0 Å². The molecule has 7 heteroatoms. The molecule has 0 bridgehead atoms. The highest BCUT2D eigenvalue weighted by atomic mass is 32.2. The average Bonchev–Trinajstić information content (AvgIpc) is 2.45. The van der Waals surface area contributed by atoms with Crippen molar-refractivity contribution >= 4 is 22.1 Å². The van der Waals surface area contributed by atoms with E-state index in [1.165, 1.54) is 37.4 Å². The van der Waals surface area contributed by atoms with Gasteiger partial charge in [-0.3, -0.25) is 0 Å². The smallest absolute Gasteiger partial charge is 0.328 e. The number of hydrogen-bond donors (Lipinski definition) is 1. The normalized spacial score (nSPS) is 13.2. The first-order valence-corrected chi connectivity index (χ1v) is 7.58. The summed E-state index contributed by atoms with van der Waals surface area (Å²) in [6, 6.07) is 7.84. The number of hydrogen-bond acceptors (Lipinski definition) is 4. The Morgan fingerprint density at radius 3 is 2.48 bits per heavy atom. The van der Waals surface area contributed by atoms with Gasteiger partial charge in [0.15, 0.2) is 0 Å². The third kappa shape index (κ3) is 4.70. The van der Waals surface area contributed by atoms with Crippen LogP contribution in [0, 0.1) is 17.2 Å². The third-order valence-electron chi connectivity index (χ3n) is 2.76. The van der Waals surface area contributed by atoms with Gasteiger partial charge in [0.05, 0.1) is 16.9 Å². The van der Waals surface area contributed by atoms with E-state index in [1.54, 1.807) is 6.92 Å². The molecule has 0 radical (unpaired) electrons. The summed E-state index contributed by atoms with van der Waals surface area (Å²) in [7, 11) is -2.23. The summed E-state index contributed by atoms with van der Waals surface area (Å²) >= 11 is 0. The minimum absolute atomic E-state index is 0.0996. The van der Waals surface area contributed by atoms with E-state index < -0.39 is 21.9 Å². The molecule has 1 aromatic carbocycles. The van der Waals surface area contributed by atoms with Gasteiger partial charge in [-0.15, -0.1) is 0 Å². The molecule has 6 nitrogen and oxygen atoms in total. The molecule has 112 valence electrons. The maximum Gasteiger partial charge on any atom is 0.328 e. The van der Waals surface area contributed by atoms with Crippen molar-refractivity contribution in [3.8, 4) is 6.07 Å². The lowest BCUT2D eigenvalue weighted by Crippen LogP contribution is -2.30. The molecule has 0 amide bonds. The van der Waals surface area contributed by atoms with Gasteiger partial charge in [-0.1, -0.05) is 12.1 Å². The fraction of sp³-hybridized carbons (Fsp3) is 0.286. The van der Waals surface area contributed by atoms with Gasteiger partial charge >= 0.3 is 5.97 Å². The van der Waals surface area contributed by atoms with Crippen LogP contribution < -0.4 is 0 Å². The van der Waals surface area contributed by atoms with Crippen LogP contribution in [-0.4, -0.2) is 37.4 Å². The van der Waals surface area contributed by atoms with E-state index in [0.717, 1.165) is 10.4 Å². The molecular formula is C14H16N2O4S. The van der Waals surface area contributed by atoms with Gasteiger partial charge in [0.1, 0.15) is 0 Å². The van der Waals surface area contributed by atoms with Gasteiger partial charge in [-0.2, -0.15) is 9.57 Å². The molecule has 0 aliphatic carbocycles. The number of rotatable bonds is 6. The molecule has 1 aromatic rings. The molecule has 0 aliphatic heterocycles. The zero-order valence-corrected chi connectivity index (χ0v) is 12.5. The lowest BCUT2D eigenvalue weighted by atomic mass is 10.2. The molecule has 0 aromatic heterocycles. The molecular weight excluding hydrogens is 292 g/mol. The molecule has 1 N–H and O–H groups in total. The number of carboxylic acids is 1. The molecule has 0 aliphatic rings. The number of nitriles is 1. The fourth-order valence-corrected chi connectivity index (χ4v) is 2.88. The van der Waals surface area contributed by atoms with Crippen molar-refractivity contribution in [2.45, 2.75) is 11.8 Å². The second-order valence-electron chi connectivity index (χ2n) is 4.56. The standard InChI is InChI=1S/C14H16N2O4S/c1-11(9-15)10-16(2)21(19,20)13-6-3-12(4-7-13)5-8-14(17)18/h3-8,11H,10H2,1-2H3,(H,17,18)/b8-5+. The van der Waals surface area contributed by atoms with Crippen LogP contribution in [0.2, 0.25) is 0 Å². The monoisotopic (exact) mass is 308 g/mol. The highest BCUT2D eigenvalue weighted by Crippen LogP contribution is 2.16. The van der Waals surface area contributed by atoms with Gasteiger partial charge in [0.2, 0.25) is 10.0 Å². The Morgan fingerprint density at radius 1 is 1.43 bits per heavy atom. The van der Waals surface area contributed by atoms with Crippen LogP contribution in [0.3, 0.4) is 0 Å². The molecule has 0 fully saturated rings. The summed E-state index contributed by atoms with van der Waals surface area (Å²) < 4.78 is 25.7. The minimum atomic E-state index is -3.65. The van der Waals surface area contributed by atoms with E-state index >= 15 is 0 Å². The molecule has 21 heavy (non-hydrogen) atoms. The van der Waals surface area contributed by atoms with Crippen molar-refractivity contribution in [1.82, 2.24) is 4.31 Å². The summed E-state index contributed by atoms with van der Waals surface area (Å²) in [6.45, 7) is 1.76. The van der Waals surface area contributed by atoms with E-state index in [9.17, 15) is 13.2 Å². The van der Waals surface area contributed by atoms with Gasteiger partial charge in [-0.25, -0.2) is 13.2 Å². The highest BCUT2D eigenvalue weighted by Gasteiger charge is 2.22. The maximum absolute atomic E-state index is 12.3. The van der Waals surface area contributed by atoms with Crippen LogP contribution in [0.15, 0.2) is 35.2 Å². The van der Waals surface area contributed by atoms with Crippen LogP contribution >= 0.6 is 0 Å². The van der Waals surface area contributed by atoms with Gasteiger partial charge in [0.25, 0.3) is 0 Å². The van der Waals surface area contributed by atoms with Gasteiger partial charge in [0, 0.05) is 19.7 Å². The lowest BCUT2D eigenvalue weighted by molar-refractivity contribution is -0.131. The number of carboxylic acid groups (broad SMARTS) is 1. The van der Waals surface area contributed by atoms with Crippen molar-refractivity contribution in [2.24, 2.45) is 5.92 Å². The van der Waals surface area contributed by atoms with Gasteiger partial charge < -0.3 is 5.11 Å². The Labute approximate surface area is 124 Å². The Hall–Kier alpha value is -2.17. The topological polar surface area (TPSA) is 98.5 Å². The maximum atomic E-state index is 12.3. The van der Waals surface area contributed by atoms with E-state index in [-0.39, 0.29) is 11.4 Å². The number of aliphatic carboxylic acids is 1. The summed E-state index contributed by atoms with van der Waals surface area (Å²) in [4.78, 5) is 10.5. The average molecular weight is 308 g/mol. The predicted octanol–water partition coefficient (Wildman–Crippen LogP) is 1.56. The molecule has 1 atom stereocenters. The Bertz CT molecular complexity index is 672. The summed E-state index contributed by atoms with van der Waals surface area (Å²) in [5.74, 6) is -1.47. The van der Waals surface area contributed by atoms with Crippen LogP contribution in [0.5, 0.6) is 0 Å². The van der Waals surface area contributed by atoms with E-state index in [1.807, 2.05) is 6.07 Å². The quantitative estimate of drug-likeness (QED) is 0.804. The van der Waals surface area contributed by atoms with Crippen molar-refractivity contribution in [1.29, 1.82) is 5.26 Å². The number of nitrogens with zero attached hydrogens (tertiary/aromatic N) is 2. The van der Waals surface area contributed by atoms with Crippen LogP contribution in [0.1, 0.15) is 12.5 Å². The van der Waals surface area contributed by atoms with E-state index in [2.05, 4.69) is 0 Å². The lowest BCUT2D eigenvalue weighted by Gasteiger charge is -2.18. The van der Waals surface area contributed by atoms with Crippen LogP contribution in [-0.2, 0) is 14.8 Å². The Morgan fingerprint density at radius 2 is 2.00 bits per heavy atom. The number of benzene rings is 1. The first-order valence-electron chi connectivity index (χ1n) is 6.14. The molecule has 1 rings (SSSR count). The predicted molar refractivity (Wildman–Crippen MR) is 77.7 cm³/mol. The molecule has 0 spiro atoms. The molecule has 0 saturated heterocycles. The van der Waals surface area contributed by atoms with E-state index in [0.29, 0.717) is 5.56 Å². The Kier molecular flexibility index (Phi) is 5.64. The second-order valence-corrected chi connectivity index (χ2v) is 6.60. The first kappa shape index (κ1) is 16.9. The second kappa shape index (κ2) is 7.02. The molecule has 0 saturated carbocycles. The number of sulfonamides is 1. The zero-order chi connectivity index (χ0) is 16.0. The van der Waals surface area contributed by atoms with Crippen molar-refractivity contribution in [3.63, 3.8) is 0 Å². The minimum Gasteiger partial charge on any atom is -0.478 e. The Balaban J connectivity index is 2.95. The third-order valence-corrected chi connectivity index (χ3v) is 4.60. The number of carbonyl (C=O) groups is 1. The van der Waals surface area contributed by atoms with E-state index in [4.69, 9.17) is 10.4 Å². The molecule has 1 unspecified atom stereocenters. The first-order chi connectivity index (χ1) is 9.77. The SMILES string of the molecule is CC(C#N)CN(C)S(=O)(=O)c1ccc(/C=C/C(=O)O)cc1. The zero-order valence-electron chi connectivity index (χ0n) is 11.7. The molecule has 0 heterocycles.